The lowest BCUT2D eigenvalue weighted by Gasteiger charge is -2.40. The molecule has 6 N–H and O–H groups in total. The second-order valence-corrected chi connectivity index (χ2v) is 18.9. The van der Waals surface area contributed by atoms with E-state index in [0.717, 1.165) is 89.9 Å². The fourth-order valence-electron chi connectivity index (χ4n) is 8.29. The average Bonchev–Trinajstić information content (AvgIpc) is 3.31. The predicted molar refractivity (Wildman–Crippen MR) is 269 cm³/mol. The first-order valence-electron chi connectivity index (χ1n) is 27.3. The lowest BCUT2D eigenvalue weighted by Crippen LogP contribution is -2.60. The van der Waals surface area contributed by atoms with Crippen LogP contribution in [0.3, 0.4) is 0 Å². The summed E-state index contributed by atoms with van der Waals surface area (Å²) in [7, 11) is 0. The van der Waals surface area contributed by atoms with Crippen molar-refractivity contribution < 1.29 is 49.3 Å². The number of aliphatic hydroxyl groups excluding tert-OH is 5. The van der Waals surface area contributed by atoms with Crippen LogP contribution in [0.2, 0.25) is 0 Å². The normalized spacial score (nSPS) is 19.9. The minimum Gasteiger partial charge on any atom is -0.466 e. The van der Waals surface area contributed by atoms with E-state index in [-0.39, 0.29) is 18.5 Å². The van der Waals surface area contributed by atoms with E-state index >= 15 is 0 Å². The predicted octanol–water partition coefficient (Wildman–Crippen LogP) is 11.6. The van der Waals surface area contributed by atoms with Crippen molar-refractivity contribution in [3.8, 4) is 0 Å². The van der Waals surface area contributed by atoms with E-state index in [0.29, 0.717) is 19.4 Å². The zero-order valence-corrected chi connectivity index (χ0v) is 42.2. The molecule has 0 radical (unpaired) electrons. The first-order valence-corrected chi connectivity index (χ1v) is 27.3. The first-order chi connectivity index (χ1) is 32.2. The molecule has 386 valence electrons. The lowest BCUT2D eigenvalue weighted by molar-refractivity contribution is -0.302. The van der Waals surface area contributed by atoms with Crippen LogP contribution in [-0.4, -0.2) is 100 Å². The molecule has 0 saturated carbocycles. The van der Waals surface area contributed by atoms with Crippen LogP contribution in [0.4, 0.5) is 0 Å². The fourth-order valence-corrected chi connectivity index (χ4v) is 8.29. The second-order valence-electron chi connectivity index (χ2n) is 18.9. The van der Waals surface area contributed by atoms with E-state index in [4.69, 9.17) is 14.2 Å². The topological polar surface area (TPSA) is 175 Å². The van der Waals surface area contributed by atoms with Crippen molar-refractivity contribution in [2.45, 2.75) is 281 Å². The van der Waals surface area contributed by atoms with Crippen LogP contribution in [0.15, 0.2) is 36.5 Å². The molecule has 1 fully saturated rings. The van der Waals surface area contributed by atoms with Crippen molar-refractivity contribution in [2.24, 2.45) is 0 Å². The van der Waals surface area contributed by atoms with E-state index in [1.165, 1.54) is 122 Å². The van der Waals surface area contributed by atoms with Gasteiger partial charge in [0.15, 0.2) is 6.29 Å². The molecule has 0 aliphatic carbocycles. The smallest absolute Gasteiger partial charge is 0.305 e. The zero-order chi connectivity index (χ0) is 48.1. The Bertz CT molecular complexity index is 1190. The molecule has 11 heteroatoms. The van der Waals surface area contributed by atoms with Crippen LogP contribution < -0.4 is 5.32 Å². The molecule has 0 aromatic carbocycles. The molecule has 0 spiro atoms. The van der Waals surface area contributed by atoms with Crippen LogP contribution in [0, 0.1) is 0 Å². The second kappa shape index (κ2) is 45.3. The molecule has 1 aliphatic heterocycles. The third-order valence-electron chi connectivity index (χ3n) is 12.7. The molecule has 1 heterocycles. The van der Waals surface area contributed by atoms with Gasteiger partial charge >= 0.3 is 5.97 Å². The number of amides is 1. The van der Waals surface area contributed by atoms with Crippen LogP contribution >= 0.6 is 0 Å². The maximum atomic E-state index is 13.0. The van der Waals surface area contributed by atoms with Crippen molar-refractivity contribution in [1.29, 1.82) is 0 Å². The summed E-state index contributed by atoms with van der Waals surface area (Å²) in [6.07, 6.45) is 43.8. The minimum absolute atomic E-state index is 0.0247. The molecular weight excluding hydrogens is 835 g/mol. The van der Waals surface area contributed by atoms with Crippen molar-refractivity contribution in [2.75, 3.05) is 19.8 Å². The lowest BCUT2D eigenvalue weighted by atomic mass is 9.99. The maximum Gasteiger partial charge on any atom is 0.305 e. The first kappa shape index (κ1) is 61.9. The number of nitrogens with one attached hydrogen (secondary N) is 1. The molecule has 1 aliphatic rings. The molecule has 0 aromatic rings. The fraction of sp³-hybridized carbons (Fsp3) is 0.855. The largest absolute Gasteiger partial charge is 0.466 e. The highest BCUT2D eigenvalue weighted by molar-refractivity contribution is 5.76. The molecule has 7 atom stereocenters. The van der Waals surface area contributed by atoms with Crippen LogP contribution in [0.1, 0.15) is 239 Å². The quantitative estimate of drug-likeness (QED) is 0.0196. The van der Waals surface area contributed by atoms with Gasteiger partial charge in [0.2, 0.25) is 5.91 Å². The summed E-state index contributed by atoms with van der Waals surface area (Å²) in [5.41, 5.74) is 0. The average molecular weight is 936 g/mol. The third-order valence-corrected chi connectivity index (χ3v) is 12.7. The van der Waals surface area contributed by atoms with Crippen LogP contribution in [-0.2, 0) is 23.8 Å². The summed E-state index contributed by atoms with van der Waals surface area (Å²) in [5, 5.41) is 54.1. The Balaban J connectivity index is 2.09. The number of unbranched alkanes of at least 4 members (excludes halogenated alkanes) is 28. The van der Waals surface area contributed by atoms with Crippen molar-refractivity contribution in [3.05, 3.63) is 36.5 Å². The van der Waals surface area contributed by atoms with Crippen LogP contribution in [0.5, 0.6) is 0 Å². The van der Waals surface area contributed by atoms with Gasteiger partial charge in [-0.25, -0.2) is 0 Å². The summed E-state index contributed by atoms with van der Waals surface area (Å²) in [4.78, 5) is 25.0. The van der Waals surface area contributed by atoms with Gasteiger partial charge in [0.25, 0.3) is 0 Å². The van der Waals surface area contributed by atoms with Crippen molar-refractivity contribution in [3.63, 3.8) is 0 Å². The van der Waals surface area contributed by atoms with Gasteiger partial charge in [-0.1, -0.05) is 185 Å². The van der Waals surface area contributed by atoms with E-state index < -0.39 is 49.5 Å². The number of ether oxygens (including phenoxy) is 3. The molecular formula is C55H101NO10. The van der Waals surface area contributed by atoms with Crippen molar-refractivity contribution in [1.82, 2.24) is 5.32 Å². The molecule has 0 bridgehead atoms. The highest BCUT2D eigenvalue weighted by atomic mass is 16.7. The Kier molecular flexibility index (Phi) is 42.5. The number of aliphatic hydroxyl groups is 5. The Morgan fingerprint density at radius 3 is 1.50 bits per heavy atom. The van der Waals surface area contributed by atoms with Gasteiger partial charge < -0.3 is 45.1 Å². The van der Waals surface area contributed by atoms with Gasteiger partial charge in [-0.3, -0.25) is 9.59 Å². The summed E-state index contributed by atoms with van der Waals surface area (Å²) < 4.78 is 16.6. The molecule has 7 unspecified atom stereocenters. The number of hydrogen-bond acceptors (Lipinski definition) is 10. The number of rotatable bonds is 46. The number of allylic oxidation sites excluding steroid dienone is 5. The van der Waals surface area contributed by atoms with E-state index in [2.05, 4.69) is 43.5 Å². The Morgan fingerprint density at radius 1 is 0.545 bits per heavy atom. The number of carbonyl (C=O) groups excluding carboxylic acids is 2. The summed E-state index contributed by atoms with van der Waals surface area (Å²) in [6, 6.07) is -0.818. The maximum absolute atomic E-state index is 13.0. The molecule has 1 rings (SSSR count). The Hall–Kier alpha value is -2.12. The monoisotopic (exact) mass is 936 g/mol. The van der Waals surface area contributed by atoms with E-state index in [1.807, 2.05) is 6.08 Å². The third kappa shape index (κ3) is 35.1. The molecule has 1 saturated heterocycles. The van der Waals surface area contributed by atoms with Gasteiger partial charge in [0.1, 0.15) is 24.4 Å². The van der Waals surface area contributed by atoms with Gasteiger partial charge in [0.05, 0.1) is 32.0 Å². The summed E-state index contributed by atoms with van der Waals surface area (Å²) in [5.74, 6) is -0.224. The van der Waals surface area contributed by atoms with Gasteiger partial charge in [0, 0.05) is 12.8 Å². The standard InChI is InChI=1S/C55H101NO10/c1-3-5-7-9-11-13-22-27-31-35-39-43-51(60)64-44-40-36-32-28-24-21-19-17-15-14-16-18-20-23-26-30-34-38-42-50(59)56-47(48(58)41-37-33-29-25-12-10-8-6-4-2)46-65-55-54(63)53(62)52(61)49(45-57)66-55/h9,11,16,18,37,41,47-49,52-55,57-58,61-63H,3-8,10,12-15,17,19-36,38-40,42-46H2,1-2H3,(H,56,59)/b11-9-,18-16-,41-37+. The number of carbonyl (C=O) groups is 2. The number of esters is 1. The molecule has 0 aromatic heterocycles. The molecule has 11 nitrogen and oxygen atoms in total. The molecule has 66 heavy (non-hydrogen) atoms. The zero-order valence-electron chi connectivity index (χ0n) is 42.2. The Morgan fingerprint density at radius 2 is 0.985 bits per heavy atom. The highest BCUT2D eigenvalue weighted by Gasteiger charge is 2.44. The van der Waals surface area contributed by atoms with E-state index in [9.17, 15) is 35.1 Å². The highest BCUT2D eigenvalue weighted by Crippen LogP contribution is 2.23. The Labute approximate surface area is 403 Å². The molecule has 1 amide bonds. The van der Waals surface area contributed by atoms with Gasteiger partial charge in [-0.15, -0.1) is 0 Å². The summed E-state index contributed by atoms with van der Waals surface area (Å²) in [6.45, 7) is 4.24. The number of hydrogen-bond donors (Lipinski definition) is 6. The van der Waals surface area contributed by atoms with Crippen LogP contribution in [0.25, 0.3) is 0 Å². The van der Waals surface area contributed by atoms with E-state index in [1.54, 1.807) is 6.08 Å². The van der Waals surface area contributed by atoms with Crippen molar-refractivity contribution >= 4 is 11.9 Å². The van der Waals surface area contributed by atoms with Gasteiger partial charge in [-0.2, -0.15) is 0 Å². The summed E-state index contributed by atoms with van der Waals surface area (Å²) >= 11 is 0. The van der Waals surface area contributed by atoms with Gasteiger partial charge in [-0.05, 0) is 77.0 Å². The minimum atomic E-state index is -1.57. The SMILES string of the molecule is CCCC/C=C\CCCCCCCC(=O)OCCCCCCCCCCC/C=C\CCCCCCCC(=O)NC(COC1OC(CO)C(O)C(O)C1O)C(O)/C=C/CCCCCCCCC.